The number of nitrogens with one attached hydrogen (secondary N) is 1. The van der Waals surface area contributed by atoms with Crippen molar-refractivity contribution < 1.29 is 0 Å². The van der Waals surface area contributed by atoms with E-state index < -0.39 is 0 Å². The van der Waals surface area contributed by atoms with Crippen molar-refractivity contribution in [2.45, 2.75) is 26.3 Å². The summed E-state index contributed by atoms with van der Waals surface area (Å²) in [5.74, 6) is 0.682. The lowest BCUT2D eigenvalue weighted by Crippen LogP contribution is -2.29. The van der Waals surface area contributed by atoms with Crippen LogP contribution in [0.3, 0.4) is 0 Å². The zero-order valence-electron chi connectivity index (χ0n) is 11.6. The van der Waals surface area contributed by atoms with E-state index in [0.717, 1.165) is 18.8 Å². The van der Waals surface area contributed by atoms with Gasteiger partial charge in [0.2, 0.25) is 0 Å². The molecule has 4 nitrogen and oxygen atoms in total. The van der Waals surface area contributed by atoms with E-state index >= 15 is 0 Å². The Morgan fingerprint density at radius 1 is 1.63 bits per heavy atom. The Labute approximate surface area is 120 Å². The van der Waals surface area contributed by atoms with Crippen LogP contribution >= 0.6 is 12.2 Å². The molecule has 104 valence electrons. The number of rotatable bonds is 5. The summed E-state index contributed by atoms with van der Waals surface area (Å²) < 4.78 is 0. The molecule has 0 aliphatic carbocycles. The third kappa shape index (κ3) is 3.64. The van der Waals surface area contributed by atoms with E-state index in [1.54, 1.807) is 6.20 Å². The van der Waals surface area contributed by atoms with Crippen LogP contribution in [0.2, 0.25) is 0 Å². The number of thiocarbonyl (C=S) groups is 1. The van der Waals surface area contributed by atoms with Gasteiger partial charge in [0.25, 0.3) is 0 Å². The first kappa shape index (κ1) is 14.2. The zero-order chi connectivity index (χ0) is 13.8. The van der Waals surface area contributed by atoms with Crippen molar-refractivity contribution in [3.8, 4) is 0 Å². The molecule has 1 aromatic rings. The summed E-state index contributed by atoms with van der Waals surface area (Å²) in [6.07, 6.45) is 2.96. The summed E-state index contributed by atoms with van der Waals surface area (Å²) in [6.45, 7) is 7.81. The van der Waals surface area contributed by atoms with Crippen molar-refractivity contribution >= 4 is 22.9 Å². The second kappa shape index (κ2) is 6.30. The molecule has 3 N–H and O–H groups in total. The van der Waals surface area contributed by atoms with E-state index in [4.69, 9.17) is 18.0 Å². The van der Waals surface area contributed by atoms with Crippen LogP contribution in [-0.4, -0.2) is 40.5 Å². The van der Waals surface area contributed by atoms with Crippen LogP contribution in [0.15, 0.2) is 18.3 Å². The molecule has 19 heavy (non-hydrogen) atoms. The van der Waals surface area contributed by atoms with Gasteiger partial charge in [0.05, 0.1) is 5.69 Å². The first-order valence-corrected chi connectivity index (χ1v) is 7.21. The second-order valence-electron chi connectivity index (χ2n) is 5.39. The van der Waals surface area contributed by atoms with E-state index in [2.05, 4.69) is 29.0 Å². The fourth-order valence-corrected chi connectivity index (χ4v) is 2.66. The first-order valence-electron chi connectivity index (χ1n) is 6.80. The summed E-state index contributed by atoms with van der Waals surface area (Å²) in [6, 6.07) is 4.52. The highest BCUT2D eigenvalue weighted by atomic mass is 32.1. The van der Waals surface area contributed by atoms with Gasteiger partial charge in [-0.15, -0.1) is 0 Å². The number of pyridine rings is 1. The smallest absolute Gasteiger partial charge is 0.124 e. The topological polar surface area (TPSA) is 54.2 Å². The Kier molecular flexibility index (Phi) is 4.71. The highest BCUT2D eigenvalue weighted by Gasteiger charge is 2.24. The zero-order valence-corrected chi connectivity index (χ0v) is 12.4. The highest BCUT2D eigenvalue weighted by Crippen LogP contribution is 2.20. The first-order chi connectivity index (χ1) is 9.08. The van der Waals surface area contributed by atoms with E-state index in [1.807, 2.05) is 12.1 Å². The molecule has 0 bridgehead atoms. The van der Waals surface area contributed by atoms with Crippen LogP contribution in [0, 0.1) is 5.92 Å². The van der Waals surface area contributed by atoms with Gasteiger partial charge in [-0.2, -0.15) is 0 Å². The molecule has 1 aromatic heterocycles. The molecule has 0 radical (unpaired) electrons. The summed E-state index contributed by atoms with van der Waals surface area (Å²) in [5, 5.41) is 3.44. The molecule has 2 heterocycles. The molecule has 1 aliphatic rings. The lowest BCUT2D eigenvalue weighted by Gasteiger charge is -2.20. The Morgan fingerprint density at radius 2 is 2.42 bits per heavy atom. The number of hydrogen-bond acceptors (Lipinski definition) is 4. The Morgan fingerprint density at radius 3 is 3.05 bits per heavy atom. The van der Waals surface area contributed by atoms with Crippen molar-refractivity contribution in [1.82, 2.24) is 9.88 Å². The number of nitrogens with two attached hydrogens (primary N) is 1. The molecule has 0 saturated carbocycles. The highest BCUT2D eigenvalue weighted by molar-refractivity contribution is 7.80. The average molecular weight is 278 g/mol. The van der Waals surface area contributed by atoms with Gasteiger partial charge in [-0.25, -0.2) is 0 Å². The van der Waals surface area contributed by atoms with Crippen molar-refractivity contribution in [3.05, 3.63) is 24.0 Å². The van der Waals surface area contributed by atoms with Crippen LogP contribution in [0.5, 0.6) is 0 Å². The molecule has 1 atom stereocenters. The fourth-order valence-electron chi connectivity index (χ4n) is 2.50. The second-order valence-corrected chi connectivity index (χ2v) is 5.83. The van der Waals surface area contributed by atoms with Gasteiger partial charge < -0.3 is 16.0 Å². The Bertz CT molecular complexity index is 447. The van der Waals surface area contributed by atoms with Gasteiger partial charge >= 0.3 is 0 Å². The standard InChI is InChI=1S/C14H22N4S/c1-10(2)18-7-5-11(9-18)8-17-12-4-3-6-16-13(12)14(15)19/h3-4,6,10-11,17H,5,7-9H2,1-2H3,(H2,15,19). The van der Waals surface area contributed by atoms with Gasteiger partial charge in [0.1, 0.15) is 10.7 Å². The minimum absolute atomic E-state index is 0.346. The molecule has 1 unspecified atom stereocenters. The van der Waals surface area contributed by atoms with Gasteiger partial charge in [-0.05, 0) is 44.9 Å². The van der Waals surface area contributed by atoms with Gasteiger partial charge in [0, 0.05) is 25.3 Å². The molecule has 1 aliphatic heterocycles. The van der Waals surface area contributed by atoms with Crippen LogP contribution in [-0.2, 0) is 0 Å². The molecule has 1 saturated heterocycles. The fraction of sp³-hybridized carbons (Fsp3) is 0.571. The van der Waals surface area contributed by atoms with Crippen molar-refractivity contribution in [1.29, 1.82) is 0 Å². The molecule has 0 spiro atoms. The monoisotopic (exact) mass is 278 g/mol. The number of anilines is 1. The maximum absolute atomic E-state index is 5.68. The summed E-state index contributed by atoms with van der Waals surface area (Å²) in [7, 11) is 0. The van der Waals surface area contributed by atoms with E-state index in [1.165, 1.54) is 13.0 Å². The summed E-state index contributed by atoms with van der Waals surface area (Å²) in [5.41, 5.74) is 7.31. The summed E-state index contributed by atoms with van der Waals surface area (Å²) in [4.78, 5) is 7.09. The maximum atomic E-state index is 5.68. The molecular weight excluding hydrogens is 256 g/mol. The van der Waals surface area contributed by atoms with E-state index in [0.29, 0.717) is 22.6 Å². The average Bonchev–Trinajstić information content (AvgIpc) is 2.85. The minimum Gasteiger partial charge on any atom is -0.388 e. The van der Waals surface area contributed by atoms with Crippen molar-refractivity contribution in [2.75, 3.05) is 25.0 Å². The minimum atomic E-state index is 0.346. The molecule has 5 heteroatoms. The van der Waals surface area contributed by atoms with Gasteiger partial charge in [-0.1, -0.05) is 12.2 Å². The van der Waals surface area contributed by atoms with Crippen LogP contribution in [0.1, 0.15) is 26.0 Å². The number of aromatic nitrogens is 1. The lowest BCUT2D eigenvalue weighted by atomic mass is 10.1. The number of nitrogens with zero attached hydrogens (tertiary/aromatic N) is 2. The van der Waals surface area contributed by atoms with Crippen LogP contribution in [0.4, 0.5) is 5.69 Å². The van der Waals surface area contributed by atoms with Crippen LogP contribution < -0.4 is 11.1 Å². The number of likely N-dealkylation sites (tertiary alicyclic amines) is 1. The maximum Gasteiger partial charge on any atom is 0.124 e. The summed E-state index contributed by atoms with van der Waals surface area (Å²) >= 11 is 5.02. The number of hydrogen-bond donors (Lipinski definition) is 2. The van der Waals surface area contributed by atoms with Crippen molar-refractivity contribution in [3.63, 3.8) is 0 Å². The third-order valence-electron chi connectivity index (χ3n) is 3.67. The largest absolute Gasteiger partial charge is 0.388 e. The lowest BCUT2D eigenvalue weighted by molar-refractivity contribution is 0.266. The quantitative estimate of drug-likeness (QED) is 0.805. The van der Waals surface area contributed by atoms with E-state index in [-0.39, 0.29) is 0 Å². The van der Waals surface area contributed by atoms with Crippen molar-refractivity contribution in [2.24, 2.45) is 11.7 Å². The van der Waals surface area contributed by atoms with Crippen LogP contribution in [0.25, 0.3) is 0 Å². The third-order valence-corrected chi connectivity index (χ3v) is 3.86. The molecule has 2 rings (SSSR count). The molecule has 0 amide bonds. The molecular formula is C14H22N4S. The predicted molar refractivity (Wildman–Crippen MR) is 83.4 cm³/mol. The predicted octanol–water partition coefficient (Wildman–Crippen LogP) is 1.86. The Balaban J connectivity index is 1.91. The SMILES string of the molecule is CC(C)N1CCC(CNc2cccnc2C(N)=S)C1. The van der Waals surface area contributed by atoms with E-state index in [9.17, 15) is 0 Å². The van der Waals surface area contributed by atoms with Gasteiger partial charge in [-0.3, -0.25) is 4.98 Å². The van der Waals surface area contributed by atoms with Gasteiger partial charge in [0.15, 0.2) is 0 Å². The molecule has 1 fully saturated rings. The molecule has 0 aromatic carbocycles. The Hall–Kier alpha value is -1.20. The normalized spacial score (nSPS) is 19.8.